The van der Waals surface area contributed by atoms with Crippen molar-refractivity contribution in [3.63, 3.8) is 0 Å². The Balaban J connectivity index is 1.39. The number of rotatable bonds is 6. The highest BCUT2D eigenvalue weighted by molar-refractivity contribution is 5.70. The number of imidazole rings is 1. The number of hydrogen-bond donors (Lipinski definition) is 0. The van der Waals surface area contributed by atoms with E-state index >= 15 is 0 Å². The highest BCUT2D eigenvalue weighted by Gasteiger charge is 2.36. The van der Waals surface area contributed by atoms with Crippen molar-refractivity contribution in [1.29, 1.82) is 0 Å². The molecular weight excluding hydrogens is 597 g/mol. The molecule has 0 bridgehead atoms. The zero-order valence-electron chi connectivity index (χ0n) is 27.0. The highest BCUT2D eigenvalue weighted by atomic mass is 19.4. The number of nitrogens with zero attached hydrogens (tertiary/aromatic N) is 6. The summed E-state index contributed by atoms with van der Waals surface area (Å²) < 4.78 is 52.2. The second-order valence-corrected chi connectivity index (χ2v) is 14.0. The van der Waals surface area contributed by atoms with Gasteiger partial charge in [-0.1, -0.05) is 30.7 Å². The summed E-state index contributed by atoms with van der Waals surface area (Å²) in [6, 6.07) is 8.46. The Bertz CT molecular complexity index is 1810. The zero-order chi connectivity index (χ0) is 33.0. The summed E-state index contributed by atoms with van der Waals surface area (Å²) in [5.74, 6) is 0.492. The molecule has 0 N–H and O–H groups in total. The Labute approximate surface area is 266 Å². The lowest BCUT2D eigenvalue weighted by atomic mass is 9.71. The third kappa shape index (κ3) is 6.36. The molecule has 1 saturated heterocycles. The van der Waals surface area contributed by atoms with Crippen molar-refractivity contribution in [2.24, 2.45) is 11.8 Å². The van der Waals surface area contributed by atoms with Gasteiger partial charge in [0.15, 0.2) is 0 Å². The molecule has 6 rings (SSSR count). The van der Waals surface area contributed by atoms with Gasteiger partial charge in [-0.15, -0.1) is 9.78 Å². The molecule has 1 saturated carbocycles. The molecular formula is C34H41F3N6O3. The van der Waals surface area contributed by atoms with Crippen LogP contribution in [-0.2, 0) is 17.5 Å². The number of carbonyl (C=O) groups excluding carboxylic acids is 1. The number of ether oxygens (including phenoxy) is 1. The third-order valence-electron chi connectivity index (χ3n) is 9.20. The number of alkyl halides is 3. The molecule has 0 spiro atoms. The van der Waals surface area contributed by atoms with Crippen molar-refractivity contribution in [1.82, 2.24) is 28.9 Å². The van der Waals surface area contributed by atoms with E-state index in [0.717, 1.165) is 55.2 Å². The van der Waals surface area contributed by atoms with Gasteiger partial charge in [0.2, 0.25) is 0 Å². The molecule has 46 heavy (non-hydrogen) atoms. The summed E-state index contributed by atoms with van der Waals surface area (Å²) in [6.07, 6.45) is 2.64. The van der Waals surface area contributed by atoms with E-state index < -0.39 is 29.1 Å². The van der Waals surface area contributed by atoms with Gasteiger partial charge in [0.25, 0.3) is 0 Å². The number of aromatic nitrogens is 5. The summed E-state index contributed by atoms with van der Waals surface area (Å²) in [5, 5.41) is 8.53. The Morgan fingerprint density at radius 1 is 1.09 bits per heavy atom. The summed E-state index contributed by atoms with van der Waals surface area (Å²) in [5.41, 5.74) is 0.660. The summed E-state index contributed by atoms with van der Waals surface area (Å²) >= 11 is 0. The summed E-state index contributed by atoms with van der Waals surface area (Å²) in [4.78, 5) is 28.8. The molecule has 246 valence electrons. The predicted molar refractivity (Wildman–Crippen MR) is 167 cm³/mol. The van der Waals surface area contributed by atoms with Crippen LogP contribution in [0.25, 0.3) is 11.2 Å². The average molecular weight is 639 g/mol. The van der Waals surface area contributed by atoms with Gasteiger partial charge in [-0.3, -0.25) is 13.9 Å². The molecule has 2 fully saturated rings. The molecule has 9 nitrogen and oxygen atoms in total. The molecule has 4 aromatic rings. The van der Waals surface area contributed by atoms with E-state index in [2.05, 4.69) is 22.1 Å². The summed E-state index contributed by atoms with van der Waals surface area (Å²) in [7, 11) is 0. The molecule has 2 aliphatic rings. The fraction of sp³-hybridized carbons (Fsp3) is 0.529. The molecule has 12 heteroatoms. The molecule has 1 aliphatic carbocycles. The van der Waals surface area contributed by atoms with E-state index in [1.807, 2.05) is 12.1 Å². The third-order valence-corrected chi connectivity index (χ3v) is 9.20. The van der Waals surface area contributed by atoms with Crippen LogP contribution in [0, 0.1) is 18.8 Å². The molecule has 0 radical (unpaired) electrons. The average Bonchev–Trinajstić information content (AvgIpc) is 3.48. The standard InChI is InChI=1S/C34H41F3N6O3/c1-21-9-8-14-40(17-21)18-23-15-27(34(35,36)37)28-20-41(31(44)42(28)19-23)26-13-7-12-25(16-26)29(24-10-6-11-24)30-22(2)43(39-38-30)32(45)46-33(3,4)5/h7,12-13,15-16,19-21,24,29H,6,8-11,14,17-18H2,1-5H3/t21-,29?/m0/s1. The molecule has 4 heterocycles. The number of pyridine rings is 1. The number of likely N-dealkylation sites (tertiary alicyclic amines) is 1. The van der Waals surface area contributed by atoms with Crippen LogP contribution in [0.15, 0.2) is 47.5 Å². The van der Waals surface area contributed by atoms with E-state index in [-0.39, 0.29) is 17.4 Å². The van der Waals surface area contributed by atoms with E-state index in [1.165, 1.54) is 21.5 Å². The van der Waals surface area contributed by atoms with Gasteiger partial charge in [0.1, 0.15) is 5.60 Å². The maximum Gasteiger partial charge on any atom is 0.436 e. The van der Waals surface area contributed by atoms with E-state index in [0.29, 0.717) is 35.1 Å². The van der Waals surface area contributed by atoms with Crippen molar-refractivity contribution in [2.45, 2.75) is 91.0 Å². The van der Waals surface area contributed by atoms with Crippen molar-refractivity contribution in [2.75, 3.05) is 13.1 Å². The van der Waals surface area contributed by atoms with E-state index in [4.69, 9.17) is 4.74 Å². The Kier molecular flexibility index (Phi) is 8.37. The van der Waals surface area contributed by atoms with Crippen molar-refractivity contribution in [3.05, 3.63) is 81.3 Å². The van der Waals surface area contributed by atoms with Crippen LogP contribution in [0.3, 0.4) is 0 Å². The molecule has 3 aromatic heterocycles. The van der Waals surface area contributed by atoms with Crippen molar-refractivity contribution < 1.29 is 22.7 Å². The van der Waals surface area contributed by atoms with Gasteiger partial charge in [0, 0.05) is 31.4 Å². The van der Waals surface area contributed by atoms with Crippen LogP contribution in [0.1, 0.15) is 93.8 Å². The first-order chi connectivity index (χ1) is 21.7. The minimum absolute atomic E-state index is 0.189. The second-order valence-electron chi connectivity index (χ2n) is 14.0. The van der Waals surface area contributed by atoms with Crippen LogP contribution in [0.5, 0.6) is 0 Å². The largest absolute Gasteiger partial charge is 0.442 e. The van der Waals surface area contributed by atoms with Crippen LogP contribution < -0.4 is 5.69 Å². The molecule has 0 amide bonds. The van der Waals surface area contributed by atoms with Gasteiger partial charge < -0.3 is 4.74 Å². The first-order valence-electron chi connectivity index (χ1n) is 16.0. The number of piperidine rings is 1. The number of fused-ring (bicyclic) bond motifs is 1. The fourth-order valence-corrected chi connectivity index (χ4v) is 6.83. The number of carbonyl (C=O) groups is 1. The first-order valence-corrected chi connectivity index (χ1v) is 16.0. The predicted octanol–water partition coefficient (Wildman–Crippen LogP) is 6.96. The lowest BCUT2D eigenvalue weighted by molar-refractivity contribution is -0.136. The number of halogens is 3. The van der Waals surface area contributed by atoms with Crippen molar-refractivity contribution in [3.8, 4) is 5.69 Å². The van der Waals surface area contributed by atoms with Crippen LogP contribution in [0.2, 0.25) is 0 Å². The molecule has 2 atom stereocenters. The highest BCUT2D eigenvalue weighted by Crippen LogP contribution is 2.44. The van der Waals surface area contributed by atoms with Gasteiger partial charge in [-0.25, -0.2) is 9.59 Å². The fourth-order valence-electron chi connectivity index (χ4n) is 6.83. The summed E-state index contributed by atoms with van der Waals surface area (Å²) in [6.45, 7) is 11.2. The first kappa shape index (κ1) is 32.0. The second kappa shape index (κ2) is 12.0. The van der Waals surface area contributed by atoms with Gasteiger partial charge >= 0.3 is 18.0 Å². The Hall–Kier alpha value is -3.93. The maximum absolute atomic E-state index is 14.4. The quantitative estimate of drug-likeness (QED) is 0.227. The Morgan fingerprint density at radius 3 is 2.50 bits per heavy atom. The molecule has 1 aliphatic heterocycles. The van der Waals surface area contributed by atoms with Crippen LogP contribution >= 0.6 is 0 Å². The number of benzene rings is 1. The van der Waals surface area contributed by atoms with Crippen molar-refractivity contribution >= 4 is 11.6 Å². The minimum Gasteiger partial charge on any atom is -0.442 e. The van der Waals surface area contributed by atoms with E-state index in [9.17, 15) is 22.8 Å². The normalized spacial score (nSPS) is 18.9. The van der Waals surface area contributed by atoms with Gasteiger partial charge in [-0.05, 0) is 101 Å². The Morgan fingerprint density at radius 2 is 1.85 bits per heavy atom. The molecule has 1 unspecified atom stereocenters. The lowest BCUT2D eigenvalue weighted by Crippen LogP contribution is -2.34. The zero-order valence-corrected chi connectivity index (χ0v) is 27.0. The van der Waals surface area contributed by atoms with Gasteiger partial charge in [0.05, 0.1) is 28.2 Å². The number of hydrogen-bond acceptors (Lipinski definition) is 6. The molecule has 1 aromatic carbocycles. The van der Waals surface area contributed by atoms with E-state index in [1.54, 1.807) is 46.0 Å². The monoisotopic (exact) mass is 638 g/mol. The smallest absolute Gasteiger partial charge is 0.436 e. The van der Waals surface area contributed by atoms with Crippen LogP contribution in [0.4, 0.5) is 18.0 Å². The maximum atomic E-state index is 14.4. The topological polar surface area (TPSA) is 86.7 Å². The minimum atomic E-state index is -4.64. The van der Waals surface area contributed by atoms with Crippen LogP contribution in [-0.4, -0.2) is 53.6 Å². The SMILES string of the molecule is Cc1c(C(c2cccc(-n3cc4c(C(F)(F)F)cc(CN5CCC[C@H](C)C5)cn4c3=O)c2)C2CCC2)nnn1C(=O)OC(C)(C)C. The van der Waals surface area contributed by atoms with Gasteiger partial charge in [-0.2, -0.15) is 13.2 Å². The lowest BCUT2D eigenvalue weighted by Gasteiger charge is -2.33.